The Balaban J connectivity index is 2.16. The van der Waals surface area contributed by atoms with E-state index in [2.05, 4.69) is 10.2 Å². The van der Waals surface area contributed by atoms with Crippen LogP contribution in [0.2, 0.25) is 0 Å². The number of hydrogen-bond donors (Lipinski definition) is 2. The van der Waals surface area contributed by atoms with Gasteiger partial charge in [0.1, 0.15) is 17.5 Å². The molecule has 0 aliphatic rings. The van der Waals surface area contributed by atoms with Crippen molar-refractivity contribution in [2.45, 2.75) is 33.5 Å². The summed E-state index contributed by atoms with van der Waals surface area (Å²) in [6, 6.07) is 7.88. The number of rotatable bonds is 4. The Morgan fingerprint density at radius 1 is 1.28 bits per heavy atom. The van der Waals surface area contributed by atoms with Crippen molar-refractivity contribution < 1.29 is 9.84 Å². The van der Waals surface area contributed by atoms with Crippen LogP contribution in [0, 0.1) is 13.8 Å². The third kappa shape index (κ3) is 2.54. The molecule has 1 heterocycles. The summed E-state index contributed by atoms with van der Waals surface area (Å²) in [5, 5.41) is 16.4. The van der Waals surface area contributed by atoms with Crippen LogP contribution in [0.5, 0.6) is 5.75 Å². The molecule has 0 amide bonds. The van der Waals surface area contributed by atoms with Crippen LogP contribution in [0.25, 0.3) is 0 Å². The van der Waals surface area contributed by atoms with Gasteiger partial charge in [-0.15, -0.1) is 0 Å². The van der Waals surface area contributed by atoms with E-state index in [-0.39, 0.29) is 12.7 Å². The van der Waals surface area contributed by atoms with E-state index in [0.717, 1.165) is 22.7 Å². The zero-order chi connectivity index (χ0) is 13.1. The highest BCUT2D eigenvalue weighted by Crippen LogP contribution is 2.24. The largest absolute Gasteiger partial charge is 0.484 e. The number of nitrogens with one attached hydrogen (secondary N) is 1. The van der Waals surface area contributed by atoms with Crippen molar-refractivity contribution >= 4 is 0 Å². The van der Waals surface area contributed by atoms with Gasteiger partial charge in [-0.2, -0.15) is 5.10 Å². The number of aromatic amines is 1. The summed E-state index contributed by atoms with van der Waals surface area (Å²) >= 11 is 0. The fourth-order valence-electron chi connectivity index (χ4n) is 1.88. The van der Waals surface area contributed by atoms with E-state index in [1.807, 2.05) is 45.0 Å². The first-order chi connectivity index (χ1) is 8.61. The van der Waals surface area contributed by atoms with E-state index in [9.17, 15) is 5.11 Å². The SMILES string of the molecule is Cc1ccc(OC(C)c2n[nH]c(C)c2CO)cc1. The Hall–Kier alpha value is -1.81. The van der Waals surface area contributed by atoms with Crippen molar-refractivity contribution in [1.29, 1.82) is 0 Å². The maximum atomic E-state index is 9.32. The molecule has 0 spiro atoms. The molecule has 2 aromatic rings. The highest BCUT2D eigenvalue weighted by atomic mass is 16.5. The summed E-state index contributed by atoms with van der Waals surface area (Å²) < 4.78 is 5.82. The number of aromatic nitrogens is 2. The van der Waals surface area contributed by atoms with Crippen molar-refractivity contribution in [2.75, 3.05) is 0 Å². The first-order valence-corrected chi connectivity index (χ1v) is 5.99. The van der Waals surface area contributed by atoms with Gasteiger partial charge in [0, 0.05) is 11.3 Å². The number of nitrogens with zero attached hydrogens (tertiary/aromatic N) is 1. The third-order valence-corrected chi connectivity index (χ3v) is 2.98. The summed E-state index contributed by atoms with van der Waals surface area (Å²) in [6.45, 7) is 5.82. The quantitative estimate of drug-likeness (QED) is 0.872. The maximum absolute atomic E-state index is 9.32. The van der Waals surface area contributed by atoms with E-state index in [0.29, 0.717) is 0 Å². The molecule has 96 valence electrons. The van der Waals surface area contributed by atoms with Gasteiger partial charge in [-0.1, -0.05) is 17.7 Å². The molecule has 0 saturated carbocycles. The molecule has 0 aliphatic heterocycles. The van der Waals surface area contributed by atoms with Gasteiger partial charge in [0.15, 0.2) is 0 Å². The normalized spacial score (nSPS) is 12.4. The number of ether oxygens (including phenoxy) is 1. The lowest BCUT2D eigenvalue weighted by Crippen LogP contribution is -2.06. The third-order valence-electron chi connectivity index (χ3n) is 2.98. The number of aliphatic hydroxyl groups excluding tert-OH is 1. The Labute approximate surface area is 107 Å². The second-order valence-corrected chi connectivity index (χ2v) is 4.44. The van der Waals surface area contributed by atoms with Crippen LogP contribution in [0.3, 0.4) is 0 Å². The predicted octanol–water partition coefficient (Wildman–Crippen LogP) is 2.66. The monoisotopic (exact) mass is 246 g/mol. The molecule has 0 saturated heterocycles. The molecule has 1 aromatic carbocycles. The van der Waals surface area contributed by atoms with Crippen molar-refractivity contribution in [1.82, 2.24) is 10.2 Å². The summed E-state index contributed by atoms with van der Waals surface area (Å²) in [5.74, 6) is 0.803. The Bertz CT molecular complexity index is 517. The number of H-pyrrole nitrogens is 1. The highest BCUT2D eigenvalue weighted by molar-refractivity contribution is 5.29. The summed E-state index contributed by atoms with van der Waals surface area (Å²) in [7, 11) is 0. The van der Waals surface area contributed by atoms with Crippen molar-refractivity contribution in [3.8, 4) is 5.75 Å². The van der Waals surface area contributed by atoms with Gasteiger partial charge in [-0.05, 0) is 32.9 Å². The molecule has 0 fully saturated rings. The minimum atomic E-state index is -0.195. The van der Waals surface area contributed by atoms with Crippen LogP contribution in [0.15, 0.2) is 24.3 Å². The second kappa shape index (κ2) is 5.23. The molecule has 2 N–H and O–H groups in total. The minimum Gasteiger partial charge on any atom is -0.484 e. The van der Waals surface area contributed by atoms with Crippen LogP contribution < -0.4 is 4.74 Å². The smallest absolute Gasteiger partial charge is 0.140 e. The Kier molecular flexibility index (Phi) is 3.67. The molecule has 18 heavy (non-hydrogen) atoms. The van der Waals surface area contributed by atoms with Gasteiger partial charge >= 0.3 is 0 Å². The molecule has 1 aromatic heterocycles. The summed E-state index contributed by atoms with van der Waals surface area (Å²) in [6.07, 6.45) is -0.195. The maximum Gasteiger partial charge on any atom is 0.140 e. The molecule has 0 aliphatic carbocycles. The molecule has 2 rings (SSSR count). The van der Waals surface area contributed by atoms with Crippen LogP contribution >= 0.6 is 0 Å². The van der Waals surface area contributed by atoms with Gasteiger partial charge < -0.3 is 9.84 Å². The van der Waals surface area contributed by atoms with Crippen molar-refractivity contribution in [3.05, 3.63) is 46.8 Å². The molecule has 1 atom stereocenters. The molecule has 0 radical (unpaired) electrons. The minimum absolute atomic E-state index is 0.0285. The van der Waals surface area contributed by atoms with E-state index in [4.69, 9.17) is 4.74 Å². The number of aliphatic hydroxyl groups is 1. The zero-order valence-corrected chi connectivity index (χ0v) is 10.9. The van der Waals surface area contributed by atoms with Crippen molar-refractivity contribution in [2.24, 2.45) is 0 Å². The predicted molar refractivity (Wildman–Crippen MR) is 69.5 cm³/mol. The van der Waals surface area contributed by atoms with Crippen LogP contribution in [-0.2, 0) is 6.61 Å². The van der Waals surface area contributed by atoms with E-state index in [1.54, 1.807) is 0 Å². The zero-order valence-electron chi connectivity index (χ0n) is 10.9. The Morgan fingerprint density at radius 3 is 2.56 bits per heavy atom. The molecule has 4 heteroatoms. The van der Waals surface area contributed by atoms with Gasteiger partial charge in [0.05, 0.1) is 6.61 Å². The summed E-state index contributed by atoms with van der Waals surface area (Å²) in [4.78, 5) is 0. The first kappa shape index (κ1) is 12.6. The topological polar surface area (TPSA) is 58.1 Å². The van der Waals surface area contributed by atoms with E-state index >= 15 is 0 Å². The number of aryl methyl sites for hydroxylation is 2. The first-order valence-electron chi connectivity index (χ1n) is 5.99. The Morgan fingerprint density at radius 2 is 1.94 bits per heavy atom. The fourth-order valence-corrected chi connectivity index (χ4v) is 1.88. The van der Waals surface area contributed by atoms with Gasteiger partial charge in [0.2, 0.25) is 0 Å². The lowest BCUT2D eigenvalue weighted by Gasteiger charge is -2.14. The molecule has 4 nitrogen and oxygen atoms in total. The lowest BCUT2D eigenvalue weighted by molar-refractivity contribution is 0.214. The summed E-state index contributed by atoms with van der Waals surface area (Å²) in [5.41, 5.74) is 3.65. The molecular formula is C14H18N2O2. The lowest BCUT2D eigenvalue weighted by atomic mass is 10.1. The standard InChI is InChI=1S/C14H18N2O2/c1-9-4-6-12(7-5-9)18-11(3)14-13(8-17)10(2)15-16-14/h4-7,11,17H,8H2,1-3H3,(H,15,16). The van der Waals surface area contributed by atoms with E-state index < -0.39 is 0 Å². The van der Waals surface area contributed by atoms with E-state index in [1.165, 1.54) is 5.56 Å². The van der Waals surface area contributed by atoms with Crippen molar-refractivity contribution in [3.63, 3.8) is 0 Å². The van der Waals surface area contributed by atoms with Crippen LogP contribution in [-0.4, -0.2) is 15.3 Å². The van der Waals surface area contributed by atoms with Crippen LogP contribution in [0.1, 0.15) is 35.5 Å². The van der Waals surface area contributed by atoms with Gasteiger partial charge in [-0.3, -0.25) is 5.10 Å². The van der Waals surface area contributed by atoms with Crippen LogP contribution in [0.4, 0.5) is 0 Å². The fraction of sp³-hybridized carbons (Fsp3) is 0.357. The highest BCUT2D eigenvalue weighted by Gasteiger charge is 2.17. The van der Waals surface area contributed by atoms with Gasteiger partial charge in [0.25, 0.3) is 0 Å². The average molecular weight is 246 g/mol. The molecular weight excluding hydrogens is 228 g/mol. The molecule has 0 bridgehead atoms. The van der Waals surface area contributed by atoms with Gasteiger partial charge in [-0.25, -0.2) is 0 Å². The number of benzene rings is 1. The average Bonchev–Trinajstić information content (AvgIpc) is 2.73. The molecule has 1 unspecified atom stereocenters. The second-order valence-electron chi connectivity index (χ2n) is 4.44. The number of hydrogen-bond acceptors (Lipinski definition) is 3.